The van der Waals surface area contributed by atoms with Gasteiger partial charge in [-0.25, -0.2) is 4.79 Å². The van der Waals surface area contributed by atoms with Crippen LogP contribution in [0.4, 0.5) is 10.5 Å². The number of carbonyl (C=O) groups is 2. The summed E-state index contributed by atoms with van der Waals surface area (Å²) in [4.78, 5) is 28.8. The first-order valence-corrected chi connectivity index (χ1v) is 9.62. The third-order valence-electron chi connectivity index (χ3n) is 5.66. The molecule has 2 aromatic rings. The van der Waals surface area contributed by atoms with Crippen LogP contribution in [-0.2, 0) is 11.4 Å². The van der Waals surface area contributed by atoms with Gasteiger partial charge in [0.1, 0.15) is 18.1 Å². The minimum Gasteiger partial charge on any atom is -0.486 e. The van der Waals surface area contributed by atoms with Crippen LogP contribution in [0.15, 0.2) is 47.1 Å². The van der Waals surface area contributed by atoms with Gasteiger partial charge in [-0.2, -0.15) is 0 Å². The van der Waals surface area contributed by atoms with Gasteiger partial charge in [-0.05, 0) is 55.7 Å². The van der Waals surface area contributed by atoms with Crippen molar-refractivity contribution in [2.45, 2.75) is 25.9 Å². The first-order chi connectivity index (χ1) is 13.6. The van der Waals surface area contributed by atoms with Gasteiger partial charge in [-0.3, -0.25) is 4.79 Å². The van der Waals surface area contributed by atoms with Crippen molar-refractivity contribution < 1.29 is 18.7 Å². The molecular formula is C21H25N3O4. The average Bonchev–Trinajstić information content (AvgIpc) is 3.36. The molecule has 1 N–H and O–H groups in total. The first kappa shape index (κ1) is 18.4. The summed E-state index contributed by atoms with van der Waals surface area (Å²) in [5.41, 5.74) is 0.303. The molecule has 1 spiro atoms. The maximum Gasteiger partial charge on any atom is 0.321 e. The van der Waals surface area contributed by atoms with Gasteiger partial charge in [0.2, 0.25) is 5.91 Å². The zero-order valence-corrected chi connectivity index (χ0v) is 16.0. The van der Waals surface area contributed by atoms with Gasteiger partial charge in [0.05, 0.1) is 11.7 Å². The topological polar surface area (TPSA) is 75.0 Å². The fourth-order valence-electron chi connectivity index (χ4n) is 4.08. The molecule has 1 atom stereocenters. The van der Waals surface area contributed by atoms with Crippen LogP contribution >= 0.6 is 0 Å². The molecule has 148 valence electrons. The molecule has 2 fully saturated rings. The Bertz CT molecular complexity index is 834. The number of hydrogen-bond acceptors (Lipinski definition) is 4. The van der Waals surface area contributed by atoms with Crippen LogP contribution in [0, 0.1) is 5.41 Å². The predicted octanol–water partition coefficient (Wildman–Crippen LogP) is 3.33. The number of rotatable bonds is 4. The summed E-state index contributed by atoms with van der Waals surface area (Å²) >= 11 is 0. The number of urea groups is 1. The Morgan fingerprint density at radius 2 is 2.04 bits per heavy atom. The summed E-state index contributed by atoms with van der Waals surface area (Å²) in [6, 6.07) is 10.7. The van der Waals surface area contributed by atoms with Gasteiger partial charge in [0, 0.05) is 32.4 Å². The number of ether oxygens (including phenoxy) is 1. The van der Waals surface area contributed by atoms with Crippen molar-refractivity contribution in [3.8, 4) is 5.75 Å². The molecule has 0 bridgehead atoms. The highest BCUT2D eigenvalue weighted by Gasteiger charge is 2.48. The van der Waals surface area contributed by atoms with Crippen LogP contribution in [0.3, 0.4) is 0 Å². The number of nitrogens with zero attached hydrogens (tertiary/aromatic N) is 2. The Morgan fingerprint density at radius 3 is 2.79 bits per heavy atom. The molecule has 1 aromatic carbocycles. The number of piperidine rings is 1. The SMILES string of the molecule is CN1CCC[C@]2(CCN(C(=O)Nc3ccc(OCc4ccco4)cc3)C2)C1=O. The molecule has 3 heterocycles. The molecule has 2 saturated heterocycles. The highest BCUT2D eigenvalue weighted by Crippen LogP contribution is 2.39. The number of likely N-dealkylation sites (tertiary alicyclic amines) is 2. The van der Waals surface area contributed by atoms with Gasteiger partial charge >= 0.3 is 6.03 Å². The molecule has 7 nitrogen and oxygen atoms in total. The van der Waals surface area contributed by atoms with Crippen molar-refractivity contribution >= 4 is 17.6 Å². The smallest absolute Gasteiger partial charge is 0.321 e. The van der Waals surface area contributed by atoms with Gasteiger partial charge < -0.3 is 24.3 Å². The van der Waals surface area contributed by atoms with E-state index in [0.717, 1.165) is 31.6 Å². The number of hydrogen-bond donors (Lipinski definition) is 1. The van der Waals surface area contributed by atoms with E-state index in [-0.39, 0.29) is 11.9 Å². The summed E-state index contributed by atoms with van der Waals surface area (Å²) in [5, 5.41) is 2.92. The highest BCUT2D eigenvalue weighted by atomic mass is 16.5. The van der Waals surface area contributed by atoms with Crippen molar-refractivity contribution in [3.05, 3.63) is 48.4 Å². The Morgan fingerprint density at radius 1 is 1.21 bits per heavy atom. The number of carbonyl (C=O) groups excluding carboxylic acids is 2. The van der Waals surface area contributed by atoms with E-state index < -0.39 is 5.41 Å². The van der Waals surface area contributed by atoms with Gasteiger partial charge in [-0.15, -0.1) is 0 Å². The lowest BCUT2D eigenvalue weighted by Crippen LogP contribution is -2.49. The molecule has 0 saturated carbocycles. The Labute approximate surface area is 164 Å². The monoisotopic (exact) mass is 383 g/mol. The Balaban J connectivity index is 1.32. The van der Waals surface area contributed by atoms with E-state index in [4.69, 9.17) is 9.15 Å². The van der Waals surface area contributed by atoms with Crippen LogP contribution in [0.5, 0.6) is 5.75 Å². The average molecular weight is 383 g/mol. The number of nitrogens with one attached hydrogen (secondary N) is 1. The summed E-state index contributed by atoms with van der Waals surface area (Å²) in [5.74, 6) is 1.63. The van der Waals surface area contributed by atoms with Crippen molar-refractivity contribution in [1.29, 1.82) is 0 Å². The van der Waals surface area contributed by atoms with Crippen molar-refractivity contribution in [1.82, 2.24) is 9.80 Å². The van der Waals surface area contributed by atoms with E-state index in [1.807, 2.05) is 31.3 Å². The number of anilines is 1. The molecule has 3 amide bonds. The Kier molecular flexibility index (Phi) is 4.98. The molecule has 0 radical (unpaired) electrons. The molecule has 28 heavy (non-hydrogen) atoms. The lowest BCUT2D eigenvalue weighted by atomic mass is 9.78. The lowest BCUT2D eigenvalue weighted by molar-refractivity contribution is -0.143. The zero-order chi connectivity index (χ0) is 19.6. The van der Waals surface area contributed by atoms with E-state index in [2.05, 4.69) is 5.32 Å². The molecule has 2 aliphatic rings. The third kappa shape index (κ3) is 3.69. The second-order valence-electron chi connectivity index (χ2n) is 7.60. The quantitative estimate of drug-likeness (QED) is 0.879. The maximum atomic E-state index is 12.6. The minimum atomic E-state index is -0.395. The van der Waals surface area contributed by atoms with E-state index in [9.17, 15) is 9.59 Å². The van der Waals surface area contributed by atoms with Gasteiger partial charge in [-0.1, -0.05) is 0 Å². The Hall–Kier alpha value is -2.96. The second kappa shape index (κ2) is 7.58. The second-order valence-corrected chi connectivity index (χ2v) is 7.60. The fraction of sp³-hybridized carbons (Fsp3) is 0.429. The highest BCUT2D eigenvalue weighted by molar-refractivity contribution is 5.91. The molecule has 0 aliphatic carbocycles. The van der Waals surface area contributed by atoms with Crippen LogP contribution in [0.2, 0.25) is 0 Å². The van der Waals surface area contributed by atoms with Gasteiger partial charge in [0.25, 0.3) is 0 Å². The summed E-state index contributed by atoms with van der Waals surface area (Å²) in [7, 11) is 1.85. The molecule has 0 unspecified atom stereocenters. The van der Waals surface area contributed by atoms with E-state index in [1.165, 1.54) is 0 Å². The minimum absolute atomic E-state index is 0.165. The number of furan rings is 1. The summed E-state index contributed by atoms with van der Waals surface area (Å²) < 4.78 is 10.9. The van der Waals surface area contributed by atoms with Crippen molar-refractivity contribution in [2.24, 2.45) is 5.41 Å². The van der Waals surface area contributed by atoms with Crippen LogP contribution in [0.1, 0.15) is 25.0 Å². The largest absolute Gasteiger partial charge is 0.486 e. The van der Waals surface area contributed by atoms with E-state index in [0.29, 0.717) is 31.1 Å². The van der Waals surface area contributed by atoms with Gasteiger partial charge in [0.15, 0.2) is 0 Å². The summed E-state index contributed by atoms with van der Waals surface area (Å²) in [6.45, 7) is 2.26. The fourth-order valence-corrected chi connectivity index (χ4v) is 4.08. The molecule has 7 heteroatoms. The van der Waals surface area contributed by atoms with Crippen molar-refractivity contribution in [3.63, 3.8) is 0 Å². The van der Waals surface area contributed by atoms with Crippen LogP contribution < -0.4 is 10.1 Å². The molecule has 2 aliphatic heterocycles. The lowest BCUT2D eigenvalue weighted by Gasteiger charge is -2.37. The van der Waals surface area contributed by atoms with Crippen LogP contribution in [-0.4, -0.2) is 48.4 Å². The standard InChI is InChI=1S/C21H25N3O4/c1-23-11-3-9-21(19(23)25)10-12-24(15-21)20(26)22-16-5-7-17(8-6-16)28-14-18-4-2-13-27-18/h2,4-8,13H,3,9-12,14-15H2,1H3,(H,22,26)/t21-/m1/s1. The summed E-state index contributed by atoms with van der Waals surface area (Å²) in [6.07, 6.45) is 4.21. The zero-order valence-electron chi connectivity index (χ0n) is 16.0. The van der Waals surface area contributed by atoms with E-state index in [1.54, 1.807) is 28.2 Å². The molecule has 4 rings (SSSR count). The number of amides is 3. The van der Waals surface area contributed by atoms with Crippen molar-refractivity contribution in [2.75, 3.05) is 32.0 Å². The van der Waals surface area contributed by atoms with E-state index >= 15 is 0 Å². The molecular weight excluding hydrogens is 358 g/mol. The number of benzene rings is 1. The maximum absolute atomic E-state index is 12.6. The predicted molar refractivity (Wildman–Crippen MR) is 104 cm³/mol. The third-order valence-corrected chi connectivity index (χ3v) is 5.66. The van der Waals surface area contributed by atoms with Crippen LogP contribution in [0.25, 0.3) is 0 Å². The normalized spacial score (nSPS) is 22.0. The first-order valence-electron chi connectivity index (χ1n) is 9.62. The molecule has 1 aromatic heterocycles.